The zero-order chi connectivity index (χ0) is 21.5. The predicted molar refractivity (Wildman–Crippen MR) is 127 cm³/mol. The summed E-state index contributed by atoms with van der Waals surface area (Å²) in [6.07, 6.45) is 8.16. The smallest absolute Gasteiger partial charge is 0.163 e. The molecule has 168 valence electrons. The first-order valence-electron chi connectivity index (χ1n) is 12.3. The summed E-state index contributed by atoms with van der Waals surface area (Å²) in [5.41, 5.74) is 11.5. The summed E-state index contributed by atoms with van der Waals surface area (Å²) in [5, 5.41) is 0. The van der Waals surface area contributed by atoms with Crippen LogP contribution in [0.25, 0.3) is 0 Å². The summed E-state index contributed by atoms with van der Waals surface area (Å²) in [6.45, 7) is 4.58. The molecule has 2 N–H and O–H groups in total. The van der Waals surface area contributed by atoms with Gasteiger partial charge in [0.2, 0.25) is 0 Å². The fourth-order valence-corrected chi connectivity index (χ4v) is 5.65. The molecule has 6 rings (SSSR count). The molecule has 2 saturated carbocycles. The van der Waals surface area contributed by atoms with Crippen LogP contribution in [0.3, 0.4) is 0 Å². The topological polar surface area (TPSA) is 60.1 Å². The number of hydrogen-bond donors (Lipinski definition) is 1. The van der Waals surface area contributed by atoms with Crippen LogP contribution in [-0.4, -0.2) is 30.5 Å². The summed E-state index contributed by atoms with van der Waals surface area (Å²) in [4.78, 5) is 7.26. The van der Waals surface area contributed by atoms with Crippen molar-refractivity contribution in [1.29, 1.82) is 0 Å². The predicted octanol–water partition coefficient (Wildman–Crippen LogP) is 5.07. The summed E-state index contributed by atoms with van der Waals surface area (Å²) in [5.74, 6) is 3.18. The Labute approximate surface area is 190 Å². The van der Waals surface area contributed by atoms with Crippen LogP contribution in [0, 0.1) is 5.92 Å². The second-order valence-corrected chi connectivity index (χ2v) is 10.0. The van der Waals surface area contributed by atoms with Gasteiger partial charge in [0.05, 0.1) is 24.3 Å². The third-order valence-corrected chi connectivity index (χ3v) is 7.72. The van der Waals surface area contributed by atoms with Crippen LogP contribution in [0.2, 0.25) is 0 Å². The summed E-state index contributed by atoms with van der Waals surface area (Å²) < 4.78 is 12.5. The lowest BCUT2D eigenvalue weighted by Crippen LogP contribution is -2.35. The minimum atomic E-state index is -0.0731. The molecule has 0 bridgehead atoms. The number of benzene rings is 2. The van der Waals surface area contributed by atoms with E-state index in [2.05, 4.69) is 41.3 Å². The van der Waals surface area contributed by atoms with E-state index >= 15 is 0 Å². The van der Waals surface area contributed by atoms with Gasteiger partial charge in [0.1, 0.15) is 5.84 Å². The van der Waals surface area contributed by atoms with Crippen molar-refractivity contribution in [3.63, 3.8) is 0 Å². The van der Waals surface area contributed by atoms with Gasteiger partial charge in [-0.15, -0.1) is 0 Å². The highest BCUT2D eigenvalue weighted by Gasteiger charge is 2.45. The monoisotopic (exact) mass is 431 g/mol. The fraction of sp³-hybridized carbons (Fsp3) is 0.519. The van der Waals surface area contributed by atoms with Crippen molar-refractivity contribution >= 4 is 11.5 Å². The molecule has 2 fully saturated rings. The Morgan fingerprint density at radius 1 is 1.00 bits per heavy atom. The highest BCUT2D eigenvalue weighted by atomic mass is 16.5. The van der Waals surface area contributed by atoms with Gasteiger partial charge in [-0.25, -0.2) is 4.99 Å². The highest BCUT2D eigenvalue weighted by molar-refractivity contribution is 6.00. The summed E-state index contributed by atoms with van der Waals surface area (Å²) >= 11 is 0. The normalized spacial score (nSPS) is 20.9. The molecule has 0 unspecified atom stereocenters. The molecular formula is C27H33N3O2. The third-order valence-electron chi connectivity index (χ3n) is 7.72. The lowest BCUT2D eigenvalue weighted by Gasteiger charge is -2.25. The zero-order valence-corrected chi connectivity index (χ0v) is 18.8. The van der Waals surface area contributed by atoms with Crippen LogP contribution in [0.1, 0.15) is 61.6 Å². The van der Waals surface area contributed by atoms with E-state index in [9.17, 15) is 0 Å². The van der Waals surface area contributed by atoms with Gasteiger partial charge in [-0.2, -0.15) is 0 Å². The van der Waals surface area contributed by atoms with E-state index < -0.39 is 0 Å². The molecule has 5 nitrogen and oxygen atoms in total. The van der Waals surface area contributed by atoms with E-state index in [1.807, 2.05) is 0 Å². The van der Waals surface area contributed by atoms with Crippen molar-refractivity contribution in [2.24, 2.45) is 16.6 Å². The molecule has 2 aliphatic heterocycles. The van der Waals surface area contributed by atoms with Gasteiger partial charge in [-0.1, -0.05) is 37.1 Å². The molecule has 0 saturated heterocycles. The van der Waals surface area contributed by atoms with E-state index in [4.69, 9.17) is 20.2 Å². The van der Waals surface area contributed by atoms with Crippen LogP contribution in [0.15, 0.2) is 41.4 Å². The molecule has 32 heavy (non-hydrogen) atoms. The maximum atomic E-state index is 6.45. The van der Waals surface area contributed by atoms with Crippen molar-refractivity contribution in [2.75, 3.05) is 19.8 Å². The van der Waals surface area contributed by atoms with Gasteiger partial charge in [-0.3, -0.25) is 4.90 Å². The number of fused-ring (bicyclic) bond motifs is 3. The molecule has 2 aromatic rings. The van der Waals surface area contributed by atoms with E-state index in [-0.39, 0.29) is 5.41 Å². The molecule has 4 aliphatic rings. The van der Waals surface area contributed by atoms with Gasteiger partial charge >= 0.3 is 0 Å². The molecule has 2 heterocycles. The molecule has 5 heteroatoms. The molecule has 0 radical (unpaired) electrons. The number of nitrogens with zero attached hydrogens (tertiary/aromatic N) is 2. The van der Waals surface area contributed by atoms with Crippen molar-refractivity contribution in [3.05, 3.63) is 53.1 Å². The molecule has 0 amide bonds. The van der Waals surface area contributed by atoms with Crippen LogP contribution >= 0.6 is 0 Å². The Hall–Kier alpha value is -2.53. The van der Waals surface area contributed by atoms with Gasteiger partial charge in [0, 0.05) is 25.7 Å². The number of aliphatic imine (C=N–C) groups is 1. The Balaban J connectivity index is 1.13. The maximum Gasteiger partial charge on any atom is 0.163 e. The number of hydrogen-bond acceptors (Lipinski definition) is 5. The fourth-order valence-electron chi connectivity index (χ4n) is 5.65. The first kappa shape index (κ1) is 20.1. The average molecular weight is 432 g/mol. The highest BCUT2D eigenvalue weighted by Crippen LogP contribution is 2.52. The Bertz CT molecular complexity index is 1010. The van der Waals surface area contributed by atoms with Crippen LogP contribution in [0.4, 0.5) is 5.69 Å². The van der Waals surface area contributed by atoms with E-state index in [0.29, 0.717) is 12.5 Å². The largest absolute Gasteiger partial charge is 0.490 e. The first-order chi connectivity index (χ1) is 15.7. The molecular weight excluding hydrogens is 398 g/mol. The van der Waals surface area contributed by atoms with Gasteiger partial charge in [-0.05, 0) is 60.8 Å². The minimum Gasteiger partial charge on any atom is -0.490 e. The SMILES string of the molecule is NC1=Nc2cc(OCCCN3Cc4ccccc4C3)c(OCC3CC3)cc2C12CCCC2. The zero-order valence-electron chi connectivity index (χ0n) is 18.8. The van der Waals surface area contributed by atoms with Gasteiger partial charge < -0.3 is 15.2 Å². The van der Waals surface area contributed by atoms with Gasteiger partial charge in [0.15, 0.2) is 11.5 Å². The van der Waals surface area contributed by atoms with Crippen molar-refractivity contribution in [3.8, 4) is 11.5 Å². The summed E-state index contributed by atoms with van der Waals surface area (Å²) in [6, 6.07) is 13.0. The van der Waals surface area contributed by atoms with E-state index in [1.165, 1.54) is 42.4 Å². The maximum absolute atomic E-state index is 6.45. The quantitative estimate of drug-likeness (QED) is 0.593. The summed E-state index contributed by atoms with van der Waals surface area (Å²) in [7, 11) is 0. The second-order valence-electron chi connectivity index (χ2n) is 10.0. The minimum absolute atomic E-state index is 0.0731. The van der Waals surface area contributed by atoms with Crippen LogP contribution < -0.4 is 15.2 Å². The lowest BCUT2D eigenvalue weighted by molar-refractivity contribution is 0.226. The second kappa shape index (κ2) is 8.11. The number of nitrogens with two attached hydrogens (primary N) is 1. The van der Waals surface area contributed by atoms with Crippen molar-refractivity contribution in [2.45, 2.75) is 63.5 Å². The molecule has 2 aliphatic carbocycles. The molecule has 0 aromatic heterocycles. The number of rotatable bonds is 8. The third kappa shape index (κ3) is 3.66. The van der Waals surface area contributed by atoms with Crippen molar-refractivity contribution in [1.82, 2.24) is 4.90 Å². The molecule has 1 spiro atoms. The van der Waals surface area contributed by atoms with E-state index in [0.717, 1.165) is 68.5 Å². The van der Waals surface area contributed by atoms with E-state index in [1.54, 1.807) is 0 Å². The standard InChI is InChI=1S/C27H33N3O2/c28-26-27(10-3-4-11-27)22-14-24(32-18-19-8-9-19)25(15-23(22)29-26)31-13-5-12-30-16-20-6-1-2-7-21(20)17-30/h1-2,6-7,14-15,19H,3-5,8-13,16-18H2,(H2,28,29). The number of amidine groups is 1. The van der Waals surface area contributed by atoms with Crippen LogP contribution in [0.5, 0.6) is 11.5 Å². The lowest BCUT2D eigenvalue weighted by atomic mass is 9.79. The van der Waals surface area contributed by atoms with Crippen LogP contribution in [-0.2, 0) is 18.5 Å². The molecule has 2 aromatic carbocycles. The average Bonchev–Trinajstić information content (AvgIpc) is 3.23. The molecule has 0 atom stereocenters. The Morgan fingerprint density at radius 3 is 2.44 bits per heavy atom. The Morgan fingerprint density at radius 2 is 1.72 bits per heavy atom. The first-order valence-corrected chi connectivity index (χ1v) is 12.3. The number of ether oxygens (including phenoxy) is 2. The Kier molecular flexibility index (Phi) is 5.09. The van der Waals surface area contributed by atoms with Gasteiger partial charge in [0.25, 0.3) is 0 Å². The van der Waals surface area contributed by atoms with Crippen molar-refractivity contribution < 1.29 is 9.47 Å².